The van der Waals surface area contributed by atoms with Crippen LogP contribution in [0.25, 0.3) is 0 Å². The number of aliphatic hydroxyl groups excluding tert-OH is 1. The SMILES string of the molecule is Cc1cccc(C(O)C2CN(C)CCO2)c1. The normalized spacial score (nSPS) is 24.3. The highest BCUT2D eigenvalue weighted by atomic mass is 16.5. The lowest BCUT2D eigenvalue weighted by Crippen LogP contribution is -2.42. The Hall–Kier alpha value is -0.900. The summed E-state index contributed by atoms with van der Waals surface area (Å²) in [6, 6.07) is 7.97. The van der Waals surface area contributed by atoms with E-state index in [0.29, 0.717) is 6.61 Å². The number of benzene rings is 1. The van der Waals surface area contributed by atoms with Crippen LogP contribution in [0.5, 0.6) is 0 Å². The van der Waals surface area contributed by atoms with E-state index in [1.807, 2.05) is 31.2 Å². The van der Waals surface area contributed by atoms with Crippen LogP contribution >= 0.6 is 0 Å². The maximum atomic E-state index is 10.2. The lowest BCUT2D eigenvalue weighted by Gasteiger charge is -2.33. The second-order valence-corrected chi connectivity index (χ2v) is 4.53. The monoisotopic (exact) mass is 221 g/mol. The van der Waals surface area contributed by atoms with Crippen molar-refractivity contribution in [1.82, 2.24) is 4.90 Å². The average Bonchev–Trinajstić information content (AvgIpc) is 2.28. The Labute approximate surface area is 96.6 Å². The third-order valence-electron chi connectivity index (χ3n) is 3.03. The van der Waals surface area contributed by atoms with E-state index >= 15 is 0 Å². The Balaban J connectivity index is 2.09. The van der Waals surface area contributed by atoms with Crippen LogP contribution in [0.2, 0.25) is 0 Å². The minimum Gasteiger partial charge on any atom is -0.386 e. The summed E-state index contributed by atoms with van der Waals surface area (Å²) in [6.45, 7) is 4.46. The highest BCUT2D eigenvalue weighted by Gasteiger charge is 2.26. The van der Waals surface area contributed by atoms with Crippen molar-refractivity contribution in [1.29, 1.82) is 0 Å². The Bertz CT molecular complexity index is 354. The summed E-state index contributed by atoms with van der Waals surface area (Å²) < 4.78 is 5.61. The van der Waals surface area contributed by atoms with Crippen LogP contribution in [0, 0.1) is 6.92 Å². The van der Waals surface area contributed by atoms with Gasteiger partial charge in [-0.15, -0.1) is 0 Å². The number of morpholine rings is 1. The summed E-state index contributed by atoms with van der Waals surface area (Å²) in [7, 11) is 2.05. The number of aryl methyl sites for hydroxylation is 1. The van der Waals surface area contributed by atoms with Gasteiger partial charge >= 0.3 is 0 Å². The molecule has 0 radical (unpaired) electrons. The molecule has 0 saturated carbocycles. The predicted octanol–water partition coefficient (Wildman–Crippen LogP) is 1.36. The van der Waals surface area contributed by atoms with Crippen LogP contribution < -0.4 is 0 Å². The molecule has 1 N–H and O–H groups in total. The van der Waals surface area contributed by atoms with E-state index in [1.54, 1.807) is 0 Å². The molecule has 3 heteroatoms. The molecule has 1 heterocycles. The third-order valence-corrected chi connectivity index (χ3v) is 3.03. The van der Waals surface area contributed by atoms with Crippen molar-refractivity contribution in [3.8, 4) is 0 Å². The molecule has 0 bridgehead atoms. The van der Waals surface area contributed by atoms with Crippen molar-refractivity contribution in [3.63, 3.8) is 0 Å². The van der Waals surface area contributed by atoms with E-state index in [2.05, 4.69) is 11.9 Å². The summed E-state index contributed by atoms with van der Waals surface area (Å²) in [4.78, 5) is 2.19. The molecule has 0 amide bonds. The van der Waals surface area contributed by atoms with Gasteiger partial charge in [-0.2, -0.15) is 0 Å². The molecule has 2 unspecified atom stereocenters. The maximum absolute atomic E-state index is 10.2. The fraction of sp³-hybridized carbons (Fsp3) is 0.538. The molecule has 1 aliphatic heterocycles. The first-order valence-corrected chi connectivity index (χ1v) is 5.71. The van der Waals surface area contributed by atoms with Crippen LogP contribution in [0.4, 0.5) is 0 Å². The lowest BCUT2D eigenvalue weighted by atomic mass is 10.0. The zero-order valence-corrected chi connectivity index (χ0v) is 9.89. The summed E-state index contributed by atoms with van der Waals surface area (Å²) in [5.74, 6) is 0. The van der Waals surface area contributed by atoms with Crippen molar-refractivity contribution in [2.75, 3.05) is 26.7 Å². The quantitative estimate of drug-likeness (QED) is 0.818. The molecule has 0 aromatic heterocycles. The number of hydrogen-bond acceptors (Lipinski definition) is 3. The zero-order valence-electron chi connectivity index (χ0n) is 9.89. The van der Waals surface area contributed by atoms with Crippen LogP contribution in [-0.4, -0.2) is 42.9 Å². The molecule has 1 aromatic rings. The van der Waals surface area contributed by atoms with Gasteiger partial charge < -0.3 is 14.7 Å². The van der Waals surface area contributed by atoms with Gasteiger partial charge in [-0.3, -0.25) is 0 Å². The third kappa shape index (κ3) is 2.61. The highest BCUT2D eigenvalue weighted by Crippen LogP contribution is 2.22. The van der Waals surface area contributed by atoms with Gasteiger partial charge in [0.15, 0.2) is 0 Å². The van der Waals surface area contributed by atoms with E-state index in [9.17, 15) is 5.11 Å². The Morgan fingerprint density at radius 2 is 2.31 bits per heavy atom. The van der Waals surface area contributed by atoms with Crippen molar-refractivity contribution < 1.29 is 9.84 Å². The van der Waals surface area contributed by atoms with E-state index in [-0.39, 0.29) is 6.10 Å². The first-order valence-electron chi connectivity index (χ1n) is 5.71. The molecule has 2 atom stereocenters. The summed E-state index contributed by atoms with van der Waals surface area (Å²) in [6.07, 6.45) is -0.636. The highest BCUT2D eigenvalue weighted by molar-refractivity contribution is 5.24. The number of aliphatic hydroxyl groups is 1. The van der Waals surface area contributed by atoms with Crippen molar-refractivity contribution >= 4 is 0 Å². The van der Waals surface area contributed by atoms with E-state index in [1.165, 1.54) is 5.56 Å². The van der Waals surface area contributed by atoms with Crippen molar-refractivity contribution in [3.05, 3.63) is 35.4 Å². The van der Waals surface area contributed by atoms with Crippen LogP contribution in [-0.2, 0) is 4.74 Å². The molecular formula is C13H19NO2. The molecule has 2 rings (SSSR count). The van der Waals surface area contributed by atoms with E-state index in [4.69, 9.17) is 4.74 Å². The Kier molecular flexibility index (Phi) is 3.59. The molecule has 1 saturated heterocycles. The molecule has 0 aliphatic carbocycles. The molecular weight excluding hydrogens is 202 g/mol. The maximum Gasteiger partial charge on any atom is 0.106 e. The van der Waals surface area contributed by atoms with E-state index in [0.717, 1.165) is 18.7 Å². The van der Waals surface area contributed by atoms with Gasteiger partial charge in [0.05, 0.1) is 6.61 Å². The predicted molar refractivity (Wildman–Crippen MR) is 63.4 cm³/mol. The molecule has 88 valence electrons. The van der Waals surface area contributed by atoms with Gasteiger partial charge in [0, 0.05) is 13.1 Å². The largest absolute Gasteiger partial charge is 0.386 e. The van der Waals surface area contributed by atoms with Gasteiger partial charge in [0.25, 0.3) is 0 Å². The van der Waals surface area contributed by atoms with Gasteiger partial charge in [-0.1, -0.05) is 29.8 Å². The molecule has 1 aliphatic rings. The first-order chi connectivity index (χ1) is 7.66. The molecule has 1 fully saturated rings. The number of nitrogens with zero attached hydrogens (tertiary/aromatic N) is 1. The lowest BCUT2D eigenvalue weighted by molar-refractivity contribution is -0.0844. The summed E-state index contributed by atoms with van der Waals surface area (Å²) >= 11 is 0. The average molecular weight is 221 g/mol. The second kappa shape index (κ2) is 4.95. The van der Waals surface area contributed by atoms with Gasteiger partial charge in [-0.05, 0) is 19.5 Å². The molecule has 1 aromatic carbocycles. The Morgan fingerprint density at radius 3 is 3.00 bits per heavy atom. The van der Waals surface area contributed by atoms with Gasteiger partial charge in [0.1, 0.15) is 12.2 Å². The fourth-order valence-corrected chi connectivity index (χ4v) is 2.07. The number of hydrogen-bond donors (Lipinski definition) is 1. The van der Waals surface area contributed by atoms with Crippen molar-refractivity contribution in [2.24, 2.45) is 0 Å². The van der Waals surface area contributed by atoms with Crippen molar-refractivity contribution in [2.45, 2.75) is 19.1 Å². The fourth-order valence-electron chi connectivity index (χ4n) is 2.07. The minimum absolute atomic E-state index is 0.111. The Morgan fingerprint density at radius 1 is 1.50 bits per heavy atom. The standard InChI is InChI=1S/C13H19NO2/c1-10-4-3-5-11(8-10)13(15)12-9-14(2)6-7-16-12/h3-5,8,12-13,15H,6-7,9H2,1-2H3. The molecule has 0 spiro atoms. The van der Waals surface area contributed by atoms with E-state index < -0.39 is 6.10 Å². The first kappa shape index (κ1) is 11.6. The zero-order chi connectivity index (χ0) is 11.5. The van der Waals surface area contributed by atoms with Gasteiger partial charge in [0.2, 0.25) is 0 Å². The minimum atomic E-state index is -0.525. The van der Waals surface area contributed by atoms with Crippen LogP contribution in [0.1, 0.15) is 17.2 Å². The number of rotatable bonds is 2. The topological polar surface area (TPSA) is 32.7 Å². The summed E-state index contributed by atoms with van der Waals surface area (Å²) in [5.41, 5.74) is 2.11. The number of likely N-dealkylation sites (N-methyl/N-ethyl adjacent to an activating group) is 1. The van der Waals surface area contributed by atoms with Gasteiger partial charge in [-0.25, -0.2) is 0 Å². The van der Waals surface area contributed by atoms with Crippen LogP contribution in [0.15, 0.2) is 24.3 Å². The molecule has 16 heavy (non-hydrogen) atoms. The second-order valence-electron chi connectivity index (χ2n) is 4.53. The smallest absolute Gasteiger partial charge is 0.106 e. The van der Waals surface area contributed by atoms with Crippen LogP contribution in [0.3, 0.4) is 0 Å². The number of ether oxygens (including phenoxy) is 1. The summed E-state index contributed by atoms with van der Waals surface area (Å²) in [5, 5.41) is 10.2. The molecule has 3 nitrogen and oxygen atoms in total.